The Hall–Kier alpha value is -1.92. The second-order valence-corrected chi connectivity index (χ2v) is 9.62. The minimum atomic E-state index is -0.417. The van der Waals surface area contributed by atoms with Crippen molar-refractivity contribution >= 4 is 35.4 Å². The first-order valence-electron chi connectivity index (χ1n) is 9.90. The van der Waals surface area contributed by atoms with Crippen LogP contribution in [0.15, 0.2) is 54.6 Å². The van der Waals surface area contributed by atoms with Gasteiger partial charge in [0.05, 0.1) is 17.7 Å². The zero-order chi connectivity index (χ0) is 20.6. The van der Waals surface area contributed by atoms with Crippen molar-refractivity contribution in [3.8, 4) is 0 Å². The van der Waals surface area contributed by atoms with Crippen LogP contribution < -0.4 is 0 Å². The second kappa shape index (κ2) is 10.7. The van der Waals surface area contributed by atoms with E-state index in [1.165, 1.54) is 30.6 Å². The number of methoxy groups -OCH3 is 1. The van der Waals surface area contributed by atoms with E-state index in [0.717, 1.165) is 5.56 Å². The third kappa shape index (κ3) is 5.58. The lowest BCUT2D eigenvalue weighted by molar-refractivity contribution is -0.141. The Labute approximate surface area is 181 Å². The van der Waals surface area contributed by atoms with E-state index in [1.807, 2.05) is 85.0 Å². The second-order valence-electron chi connectivity index (χ2n) is 6.89. The highest BCUT2D eigenvalue weighted by Crippen LogP contribution is 2.43. The summed E-state index contributed by atoms with van der Waals surface area (Å²) < 4.78 is 5.29. The molecule has 0 bridgehead atoms. The summed E-state index contributed by atoms with van der Waals surface area (Å²) in [6.07, 6.45) is 1.96. The number of ether oxygens (including phenoxy) is 1. The Morgan fingerprint density at radius 2 is 1.72 bits per heavy atom. The molecule has 1 atom stereocenters. The molecular formula is C23H27NO3S2. The van der Waals surface area contributed by atoms with Gasteiger partial charge in [-0.25, -0.2) is 0 Å². The number of hydrogen-bond donors (Lipinski definition) is 0. The lowest BCUT2D eigenvalue weighted by Gasteiger charge is -2.31. The van der Waals surface area contributed by atoms with Crippen LogP contribution in [-0.2, 0) is 9.53 Å². The molecule has 0 aliphatic carbocycles. The summed E-state index contributed by atoms with van der Waals surface area (Å²) in [5.41, 5.74) is 2.85. The lowest BCUT2D eigenvalue weighted by Crippen LogP contribution is -2.39. The van der Waals surface area contributed by atoms with Crippen molar-refractivity contribution in [1.29, 1.82) is 0 Å². The van der Waals surface area contributed by atoms with Crippen LogP contribution in [0.5, 0.6) is 0 Å². The van der Waals surface area contributed by atoms with Gasteiger partial charge in [-0.05, 0) is 47.6 Å². The summed E-state index contributed by atoms with van der Waals surface area (Å²) in [5, 5.41) is 0. The van der Waals surface area contributed by atoms with Crippen LogP contribution >= 0.6 is 23.5 Å². The van der Waals surface area contributed by atoms with Gasteiger partial charge >= 0.3 is 5.97 Å². The molecule has 3 rings (SSSR count). The van der Waals surface area contributed by atoms with Crippen molar-refractivity contribution in [3.63, 3.8) is 0 Å². The summed E-state index contributed by atoms with van der Waals surface area (Å²) in [6, 6.07) is 17.5. The van der Waals surface area contributed by atoms with Crippen molar-refractivity contribution < 1.29 is 14.3 Å². The molecular weight excluding hydrogens is 402 g/mol. The quantitative estimate of drug-likeness (QED) is 0.557. The summed E-state index contributed by atoms with van der Waals surface area (Å²) in [7, 11) is 1.35. The van der Waals surface area contributed by atoms with E-state index in [2.05, 4.69) is 0 Å². The maximum absolute atomic E-state index is 13.4. The van der Waals surface area contributed by atoms with E-state index < -0.39 is 5.97 Å². The molecule has 2 aromatic carbocycles. The Balaban J connectivity index is 1.84. The highest BCUT2D eigenvalue weighted by Gasteiger charge is 2.27. The van der Waals surface area contributed by atoms with Gasteiger partial charge < -0.3 is 9.64 Å². The Morgan fingerprint density at radius 3 is 2.31 bits per heavy atom. The molecule has 1 heterocycles. The van der Waals surface area contributed by atoms with Crippen molar-refractivity contribution in [1.82, 2.24) is 4.90 Å². The van der Waals surface area contributed by atoms with Crippen LogP contribution in [0.2, 0.25) is 0 Å². The largest absolute Gasteiger partial charge is 0.468 e. The monoisotopic (exact) mass is 429 g/mol. The van der Waals surface area contributed by atoms with E-state index in [4.69, 9.17) is 4.74 Å². The summed E-state index contributed by atoms with van der Waals surface area (Å²) >= 11 is 3.92. The molecule has 1 amide bonds. The van der Waals surface area contributed by atoms with Gasteiger partial charge in [-0.15, -0.1) is 23.5 Å². The minimum absolute atomic E-state index is 0.0706. The molecule has 0 unspecified atom stereocenters. The van der Waals surface area contributed by atoms with E-state index in [0.29, 0.717) is 16.6 Å². The number of esters is 1. The molecule has 0 aromatic heterocycles. The smallest absolute Gasteiger partial charge is 0.325 e. The van der Waals surface area contributed by atoms with Gasteiger partial charge in [0.2, 0.25) is 0 Å². The minimum Gasteiger partial charge on any atom is -0.468 e. The molecule has 0 radical (unpaired) electrons. The number of rotatable bonds is 7. The molecule has 1 aliphatic rings. The lowest BCUT2D eigenvalue weighted by atomic mass is 10.0. The van der Waals surface area contributed by atoms with Gasteiger partial charge in [-0.1, -0.05) is 49.4 Å². The van der Waals surface area contributed by atoms with Crippen LogP contribution in [0.4, 0.5) is 0 Å². The van der Waals surface area contributed by atoms with Crippen molar-refractivity contribution in [2.45, 2.75) is 30.4 Å². The van der Waals surface area contributed by atoms with Crippen molar-refractivity contribution in [2.24, 2.45) is 0 Å². The standard InChI is InChI=1S/C23H27NO3S2/c1-3-20(17-8-5-4-6-9-17)24(16-21(25)27-2)22(26)18-10-12-19(13-11-18)23-28-14-7-15-29-23/h4-6,8-13,20,23H,3,7,14-16H2,1-2H3/t20-/m1/s1. The number of amides is 1. The maximum atomic E-state index is 13.4. The molecule has 1 saturated heterocycles. The van der Waals surface area contributed by atoms with E-state index in [1.54, 1.807) is 4.90 Å². The molecule has 0 spiro atoms. The predicted molar refractivity (Wildman–Crippen MR) is 121 cm³/mol. The van der Waals surface area contributed by atoms with E-state index in [9.17, 15) is 9.59 Å². The molecule has 1 fully saturated rings. The number of benzene rings is 2. The fourth-order valence-electron chi connectivity index (χ4n) is 3.47. The average Bonchev–Trinajstić information content (AvgIpc) is 2.79. The van der Waals surface area contributed by atoms with Crippen LogP contribution in [0.1, 0.15) is 51.9 Å². The zero-order valence-corrected chi connectivity index (χ0v) is 18.5. The van der Waals surface area contributed by atoms with E-state index in [-0.39, 0.29) is 18.5 Å². The Bertz CT molecular complexity index is 805. The third-order valence-corrected chi connectivity index (χ3v) is 8.01. The highest BCUT2D eigenvalue weighted by atomic mass is 32.2. The van der Waals surface area contributed by atoms with Gasteiger partial charge in [0, 0.05) is 5.56 Å². The number of hydrogen-bond acceptors (Lipinski definition) is 5. The van der Waals surface area contributed by atoms with Gasteiger partial charge in [-0.2, -0.15) is 0 Å². The molecule has 0 N–H and O–H groups in total. The predicted octanol–water partition coefficient (Wildman–Crippen LogP) is 5.32. The fourth-order valence-corrected chi connectivity index (χ4v) is 6.36. The SMILES string of the molecule is CC[C@H](c1ccccc1)N(CC(=O)OC)C(=O)c1ccc(C2SCCCS2)cc1. The Kier molecular flexibility index (Phi) is 8.07. The van der Waals surface area contributed by atoms with Gasteiger partial charge in [0.25, 0.3) is 5.91 Å². The van der Waals surface area contributed by atoms with Crippen LogP contribution in [0.3, 0.4) is 0 Å². The number of carbonyl (C=O) groups excluding carboxylic acids is 2. The first-order chi connectivity index (χ1) is 14.1. The summed E-state index contributed by atoms with van der Waals surface area (Å²) in [6.45, 7) is 1.95. The number of carbonyl (C=O) groups is 2. The Morgan fingerprint density at radius 1 is 1.07 bits per heavy atom. The molecule has 6 heteroatoms. The highest BCUT2D eigenvalue weighted by molar-refractivity contribution is 8.16. The topological polar surface area (TPSA) is 46.6 Å². The number of nitrogens with zero attached hydrogens (tertiary/aromatic N) is 1. The van der Waals surface area contributed by atoms with Gasteiger partial charge in [-0.3, -0.25) is 9.59 Å². The fraction of sp³-hybridized carbons (Fsp3) is 0.391. The average molecular weight is 430 g/mol. The van der Waals surface area contributed by atoms with E-state index >= 15 is 0 Å². The zero-order valence-electron chi connectivity index (χ0n) is 16.9. The van der Waals surface area contributed by atoms with Crippen LogP contribution in [0, 0.1) is 0 Å². The van der Waals surface area contributed by atoms with Crippen LogP contribution in [0.25, 0.3) is 0 Å². The van der Waals surface area contributed by atoms with Crippen LogP contribution in [-0.4, -0.2) is 41.9 Å². The maximum Gasteiger partial charge on any atom is 0.325 e. The first kappa shape index (κ1) is 21.8. The molecule has 1 aliphatic heterocycles. The molecule has 4 nitrogen and oxygen atoms in total. The summed E-state index contributed by atoms with van der Waals surface area (Å²) in [4.78, 5) is 27.0. The molecule has 154 valence electrons. The third-order valence-electron chi connectivity index (χ3n) is 4.99. The molecule has 2 aromatic rings. The summed E-state index contributed by atoms with van der Waals surface area (Å²) in [5.74, 6) is 1.79. The first-order valence-corrected chi connectivity index (χ1v) is 12.0. The van der Waals surface area contributed by atoms with Gasteiger partial charge in [0.15, 0.2) is 0 Å². The van der Waals surface area contributed by atoms with Gasteiger partial charge in [0.1, 0.15) is 6.54 Å². The van der Waals surface area contributed by atoms with Crippen molar-refractivity contribution in [2.75, 3.05) is 25.2 Å². The molecule has 0 saturated carbocycles. The molecule has 29 heavy (non-hydrogen) atoms. The van der Waals surface area contributed by atoms with Crippen molar-refractivity contribution in [3.05, 3.63) is 71.3 Å². The number of thioether (sulfide) groups is 2. The normalized spacial score (nSPS) is 15.5.